The van der Waals surface area contributed by atoms with Crippen molar-refractivity contribution >= 4 is 33.3 Å². The molecule has 2 N–H and O–H groups in total. The van der Waals surface area contributed by atoms with Gasteiger partial charge in [-0.05, 0) is 40.5 Å². The Balaban J connectivity index is 2.35. The number of anilines is 3. The van der Waals surface area contributed by atoms with Gasteiger partial charge in [0.2, 0.25) is 0 Å². The van der Waals surface area contributed by atoms with E-state index in [0.717, 1.165) is 29.3 Å². The minimum Gasteiger partial charge on any atom is -0.373 e. The Hall–Kier alpha value is -1.69. The molecule has 0 radical (unpaired) electrons. The summed E-state index contributed by atoms with van der Waals surface area (Å²) >= 11 is 3.16. The van der Waals surface area contributed by atoms with Crippen LogP contribution in [0.15, 0.2) is 29.0 Å². The number of rotatable bonds is 4. The SMILES string of the molecule is CCc1c(NC)ncnc1Nc1ccc(F)c(Br)c1. The lowest BCUT2D eigenvalue weighted by Gasteiger charge is -2.13. The Morgan fingerprint density at radius 2 is 2.00 bits per heavy atom. The highest BCUT2D eigenvalue weighted by Crippen LogP contribution is 2.26. The molecule has 0 unspecified atom stereocenters. The van der Waals surface area contributed by atoms with Crippen LogP contribution in [0.3, 0.4) is 0 Å². The fourth-order valence-corrected chi connectivity index (χ4v) is 2.16. The highest BCUT2D eigenvalue weighted by molar-refractivity contribution is 9.10. The van der Waals surface area contributed by atoms with Crippen LogP contribution >= 0.6 is 15.9 Å². The van der Waals surface area contributed by atoms with Crippen molar-refractivity contribution in [3.8, 4) is 0 Å². The fraction of sp³-hybridized carbons (Fsp3) is 0.231. The highest BCUT2D eigenvalue weighted by atomic mass is 79.9. The van der Waals surface area contributed by atoms with E-state index in [1.807, 2.05) is 14.0 Å². The summed E-state index contributed by atoms with van der Waals surface area (Å²) in [4.78, 5) is 8.40. The van der Waals surface area contributed by atoms with Crippen molar-refractivity contribution in [3.05, 3.63) is 40.4 Å². The van der Waals surface area contributed by atoms with E-state index < -0.39 is 0 Å². The number of halogens is 2. The molecule has 2 aromatic rings. The Morgan fingerprint density at radius 3 is 2.63 bits per heavy atom. The van der Waals surface area contributed by atoms with E-state index in [1.165, 1.54) is 12.4 Å². The summed E-state index contributed by atoms with van der Waals surface area (Å²) in [6.07, 6.45) is 2.29. The molecule has 0 aliphatic rings. The molecule has 0 saturated carbocycles. The van der Waals surface area contributed by atoms with E-state index >= 15 is 0 Å². The van der Waals surface area contributed by atoms with E-state index in [4.69, 9.17) is 0 Å². The second-order valence-electron chi connectivity index (χ2n) is 3.91. The van der Waals surface area contributed by atoms with Gasteiger partial charge in [-0.2, -0.15) is 0 Å². The van der Waals surface area contributed by atoms with E-state index in [9.17, 15) is 4.39 Å². The first-order valence-electron chi connectivity index (χ1n) is 5.89. The maximum Gasteiger partial charge on any atom is 0.139 e. The van der Waals surface area contributed by atoms with E-state index in [0.29, 0.717) is 4.47 Å². The Bertz CT molecular complexity index is 589. The van der Waals surface area contributed by atoms with Gasteiger partial charge < -0.3 is 10.6 Å². The van der Waals surface area contributed by atoms with Crippen LogP contribution in [0.25, 0.3) is 0 Å². The van der Waals surface area contributed by atoms with Crippen LogP contribution in [0.2, 0.25) is 0 Å². The summed E-state index contributed by atoms with van der Waals surface area (Å²) in [5.41, 5.74) is 1.76. The predicted octanol–water partition coefficient (Wildman–Crippen LogP) is 3.73. The van der Waals surface area contributed by atoms with Crippen molar-refractivity contribution in [1.82, 2.24) is 9.97 Å². The lowest BCUT2D eigenvalue weighted by Crippen LogP contribution is -2.04. The molecule has 6 heteroatoms. The Morgan fingerprint density at radius 1 is 1.26 bits per heavy atom. The van der Waals surface area contributed by atoms with E-state index in [2.05, 4.69) is 36.5 Å². The molecule has 1 aromatic heterocycles. The predicted molar refractivity (Wildman–Crippen MR) is 78.3 cm³/mol. The summed E-state index contributed by atoms with van der Waals surface area (Å²) in [6.45, 7) is 2.03. The van der Waals surface area contributed by atoms with Gasteiger partial charge >= 0.3 is 0 Å². The fourth-order valence-electron chi connectivity index (χ4n) is 1.78. The lowest BCUT2D eigenvalue weighted by molar-refractivity contribution is 0.621. The van der Waals surface area contributed by atoms with Crippen LogP contribution in [0, 0.1) is 5.82 Å². The van der Waals surface area contributed by atoms with E-state index in [-0.39, 0.29) is 5.82 Å². The minimum atomic E-state index is -0.292. The van der Waals surface area contributed by atoms with Crippen molar-refractivity contribution in [2.75, 3.05) is 17.7 Å². The molecule has 1 heterocycles. The van der Waals surface area contributed by atoms with E-state index in [1.54, 1.807) is 12.1 Å². The number of hydrogen-bond donors (Lipinski definition) is 2. The largest absolute Gasteiger partial charge is 0.373 e. The second-order valence-corrected chi connectivity index (χ2v) is 4.76. The quantitative estimate of drug-likeness (QED) is 0.899. The number of aromatic nitrogens is 2. The van der Waals surface area contributed by atoms with Gasteiger partial charge in [-0.1, -0.05) is 6.92 Å². The third-order valence-corrected chi connectivity index (χ3v) is 3.33. The Labute approximate surface area is 119 Å². The summed E-state index contributed by atoms with van der Waals surface area (Å²) in [7, 11) is 1.82. The molecule has 19 heavy (non-hydrogen) atoms. The van der Waals surface area contributed by atoms with Gasteiger partial charge in [-0.15, -0.1) is 0 Å². The highest BCUT2D eigenvalue weighted by Gasteiger charge is 2.09. The molecular formula is C13H14BrFN4. The van der Waals surface area contributed by atoms with Gasteiger partial charge in [0, 0.05) is 18.3 Å². The molecule has 0 spiro atoms. The average molecular weight is 325 g/mol. The summed E-state index contributed by atoms with van der Waals surface area (Å²) in [6, 6.07) is 4.74. The van der Waals surface area contributed by atoms with Crippen molar-refractivity contribution < 1.29 is 4.39 Å². The lowest BCUT2D eigenvalue weighted by atomic mass is 10.2. The van der Waals surface area contributed by atoms with Gasteiger partial charge in [-0.25, -0.2) is 14.4 Å². The van der Waals surface area contributed by atoms with Gasteiger partial charge in [-0.3, -0.25) is 0 Å². The second kappa shape index (κ2) is 5.97. The number of nitrogens with one attached hydrogen (secondary N) is 2. The number of nitrogens with zero attached hydrogens (tertiary/aromatic N) is 2. The molecule has 2 rings (SSSR count). The van der Waals surface area contributed by atoms with Crippen LogP contribution in [0.5, 0.6) is 0 Å². The van der Waals surface area contributed by atoms with Gasteiger partial charge in [0.05, 0.1) is 4.47 Å². The van der Waals surface area contributed by atoms with Gasteiger partial charge in [0.25, 0.3) is 0 Å². The zero-order valence-corrected chi connectivity index (χ0v) is 12.3. The zero-order chi connectivity index (χ0) is 13.8. The maximum absolute atomic E-state index is 13.2. The molecule has 100 valence electrons. The third-order valence-electron chi connectivity index (χ3n) is 2.72. The number of benzene rings is 1. The van der Waals surface area contributed by atoms with Crippen LogP contribution in [0.1, 0.15) is 12.5 Å². The normalized spacial score (nSPS) is 10.3. The van der Waals surface area contributed by atoms with Crippen molar-refractivity contribution in [2.45, 2.75) is 13.3 Å². The molecule has 0 aliphatic heterocycles. The molecule has 0 bridgehead atoms. The van der Waals surface area contributed by atoms with Gasteiger partial charge in [0.15, 0.2) is 0 Å². The molecular weight excluding hydrogens is 311 g/mol. The standard InChI is InChI=1S/C13H14BrFN4/c1-3-9-12(16-2)17-7-18-13(9)19-8-4-5-11(15)10(14)6-8/h4-7H,3H2,1-2H3,(H2,16,17,18,19). The molecule has 0 atom stereocenters. The van der Waals surface area contributed by atoms with Gasteiger partial charge in [0.1, 0.15) is 23.8 Å². The monoisotopic (exact) mass is 324 g/mol. The topological polar surface area (TPSA) is 49.8 Å². The molecule has 0 amide bonds. The summed E-state index contributed by atoms with van der Waals surface area (Å²) in [5, 5.41) is 6.21. The molecule has 1 aromatic carbocycles. The minimum absolute atomic E-state index is 0.292. The Kier molecular flexibility index (Phi) is 4.31. The average Bonchev–Trinajstić information content (AvgIpc) is 2.42. The first-order chi connectivity index (χ1) is 9.15. The van der Waals surface area contributed by atoms with Crippen LogP contribution in [-0.2, 0) is 6.42 Å². The first kappa shape index (κ1) is 13.7. The summed E-state index contributed by atoms with van der Waals surface area (Å²) < 4.78 is 13.6. The van der Waals surface area contributed by atoms with Crippen LogP contribution in [0.4, 0.5) is 21.7 Å². The van der Waals surface area contributed by atoms with Crippen LogP contribution < -0.4 is 10.6 Å². The van der Waals surface area contributed by atoms with Crippen LogP contribution in [-0.4, -0.2) is 17.0 Å². The van der Waals surface area contributed by atoms with Crippen molar-refractivity contribution in [3.63, 3.8) is 0 Å². The maximum atomic E-state index is 13.2. The summed E-state index contributed by atoms with van der Waals surface area (Å²) in [5.74, 6) is 1.22. The first-order valence-corrected chi connectivity index (χ1v) is 6.68. The number of hydrogen-bond acceptors (Lipinski definition) is 4. The molecule has 0 fully saturated rings. The molecule has 0 aliphatic carbocycles. The smallest absolute Gasteiger partial charge is 0.139 e. The third kappa shape index (κ3) is 3.01. The van der Waals surface area contributed by atoms with Crippen molar-refractivity contribution in [2.24, 2.45) is 0 Å². The van der Waals surface area contributed by atoms with Crippen molar-refractivity contribution in [1.29, 1.82) is 0 Å². The molecule has 0 saturated heterocycles. The zero-order valence-electron chi connectivity index (χ0n) is 10.7. The molecule has 4 nitrogen and oxygen atoms in total.